The molecule has 0 bridgehead atoms. The van der Waals surface area contributed by atoms with Crippen LogP contribution in [0.25, 0.3) is 16.8 Å². The number of aliphatic hydroxyl groups is 1. The van der Waals surface area contributed by atoms with Crippen LogP contribution in [0.1, 0.15) is 49.6 Å². The number of aliphatic hydroxyl groups excluding tert-OH is 1. The van der Waals surface area contributed by atoms with E-state index in [9.17, 15) is 8.78 Å². The minimum Gasteiger partial charge on any atom is -0.485 e. The summed E-state index contributed by atoms with van der Waals surface area (Å²) >= 11 is 0. The van der Waals surface area contributed by atoms with Gasteiger partial charge in [-0.25, -0.2) is 13.3 Å². The molecule has 0 amide bonds. The second-order valence-electron chi connectivity index (χ2n) is 10.7. The number of aromatic nitrogens is 5. The van der Waals surface area contributed by atoms with E-state index in [2.05, 4.69) is 38.1 Å². The quantitative estimate of drug-likeness (QED) is 0.229. The van der Waals surface area contributed by atoms with E-state index in [1.165, 1.54) is 24.9 Å². The smallest absolute Gasteiger partial charge is 0.236 e. The largest absolute Gasteiger partial charge is 0.485 e. The normalized spacial score (nSPS) is 19.1. The third-order valence-corrected chi connectivity index (χ3v) is 8.02. The van der Waals surface area contributed by atoms with Crippen LogP contribution in [0.5, 0.6) is 11.5 Å². The first-order valence-electron chi connectivity index (χ1n) is 14.3. The zero-order valence-corrected chi connectivity index (χ0v) is 24.5. The number of fused-ring (bicyclic) bond motifs is 2. The topological polar surface area (TPSA) is 126 Å². The van der Waals surface area contributed by atoms with Crippen LogP contribution in [-0.4, -0.2) is 66.5 Å². The van der Waals surface area contributed by atoms with E-state index in [0.717, 1.165) is 75.4 Å². The zero-order chi connectivity index (χ0) is 30.5. The second kappa shape index (κ2) is 13.4. The number of hydrogen-bond donors (Lipinski definition) is 2. The van der Waals surface area contributed by atoms with E-state index in [1.807, 2.05) is 12.3 Å². The molecule has 4 aromatic heterocycles. The van der Waals surface area contributed by atoms with Crippen molar-refractivity contribution in [1.82, 2.24) is 34.6 Å². The lowest BCUT2D eigenvalue weighted by Gasteiger charge is -2.38. The predicted octanol–water partition coefficient (Wildman–Crippen LogP) is 4.12. The van der Waals surface area contributed by atoms with E-state index in [1.54, 1.807) is 10.6 Å². The van der Waals surface area contributed by atoms with Crippen molar-refractivity contribution in [3.8, 4) is 28.9 Å². The lowest BCUT2D eigenvalue weighted by molar-refractivity contribution is 0.0874. The molecule has 1 atom stereocenters. The molecule has 1 aliphatic carbocycles. The second-order valence-corrected chi connectivity index (χ2v) is 10.7. The van der Waals surface area contributed by atoms with Gasteiger partial charge in [-0.2, -0.15) is 15.5 Å². The standard InChI is InChI=1S/C29H32F2N8O2.CH4O/c1-18-25-15-37(24-7-5-22(6-8-24)34-17-32)9-10-38(25)36-28(18)20-11-26(40-16-23-4-3-21(31)12-33-23)29-27(41-19(2)30)13-35-39(29)14-20;1-2/h3-4,11-14,19,22,24,34H,5-10,15-16H2,1-2H3;2H,1H3. The predicted molar refractivity (Wildman–Crippen MR) is 154 cm³/mol. The van der Waals surface area contributed by atoms with Crippen LogP contribution in [-0.2, 0) is 19.7 Å². The van der Waals surface area contributed by atoms with Crippen LogP contribution in [0.2, 0.25) is 0 Å². The third-order valence-electron chi connectivity index (χ3n) is 8.02. The highest BCUT2D eigenvalue weighted by atomic mass is 19.1. The summed E-state index contributed by atoms with van der Waals surface area (Å²) in [6, 6.07) is 5.52. The number of ether oxygens (including phenoxy) is 2. The monoisotopic (exact) mass is 594 g/mol. The highest BCUT2D eigenvalue weighted by Crippen LogP contribution is 2.37. The summed E-state index contributed by atoms with van der Waals surface area (Å²) in [6.45, 7) is 6.00. The third kappa shape index (κ3) is 6.55. The number of rotatable bonds is 8. The molecule has 0 spiro atoms. The van der Waals surface area contributed by atoms with Crippen molar-refractivity contribution in [2.24, 2.45) is 0 Å². The number of alkyl halides is 1. The molecule has 2 aliphatic rings. The van der Waals surface area contributed by atoms with E-state index in [-0.39, 0.29) is 18.4 Å². The molecule has 1 saturated carbocycles. The summed E-state index contributed by atoms with van der Waals surface area (Å²) in [7, 11) is 1.00. The summed E-state index contributed by atoms with van der Waals surface area (Å²) in [5, 5.41) is 28.2. The minimum absolute atomic E-state index is 0.0783. The van der Waals surface area contributed by atoms with Crippen molar-refractivity contribution in [2.75, 3.05) is 13.7 Å². The number of nitrogens with zero attached hydrogens (tertiary/aromatic N) is 7. The lowest BCUT2D eigenvalue weighted by Crippen LogP contribution is -2.45. The molecule has 5 heterocycles. The highest BCUT2D eigenvalue weighted by molar-refractivity contribution is 5.75. The van der Waals surface area contributed by atoms with Gasteiger partial charge in [0.15, 0.2) is 17.5 Å². The Morgan fingerprint density at radius 3 is 2.65 bits per heavy atom. The summed E-state index contributed by atoms with van der Waals surface area (Å²) in [5.74, 6) is 0.254. The minimum atomic E-state index is -1.53. The maximum Gasteiger partial charge on any atom is 0.236 e. The average Bonchev–Trinajstić information content (AvgIpc) is 3.58. The highest BCUT2D eigenvalue weighted by Gasteiger charge is 2.30. The van der Waals surface area contributed by atoms with E-state index in [4.69, 9.17) is 24.9 Å². The van der Waals surface area contributed by atoms with Crippen molar-refractivity contribution >= 4 is 5.52 Å². The molecular formula is C30H36F2N8O3. The molecule has 1 fully saturated rings. The molecule has 228 valence electrons. The van der Waals surface area contributed by atoms with Gasteiger partial charge in [-0.3, -0.25) is 14.6 Å². The fraction of sp³-hybridized carbons (Fsp3) is 0.467. The van der Waals surface area contributed by atoms with E-state index >= 15 is 0 Å². The molecular weight excluding hydrogens is 558 g/mol. The number of hydrogen-bond acceptors (Lipinski definition) is 9. The Morgan fingerprint density at radius 1 is 1.16 bits per heavy atom. The van der Waals surface area contributed by atoms with Crippen LogP contribution in [0.15, 0.2) is 36.8 Å². The van der Waals surface area contributed by atoms with Crippen molar-refractivity contribution < 1.29 is 23.4 Å². The van der Waals surface area contributed by atoms with Gasteiger partial charge in [0.2, 0.25) is 6.36 Å². The van der Waals surface area contributed by atoms with Crippen molar-refractivity contribution in [1.29, 1.82) is 5.26 Å². The van der Waals surface area contributed by atoms with Crippen LogP contribution < -0.4 is 14.8 Å². The molecule has 1 aliphatic heterocycles. The van der Waals surface area contributed by atoms with Crippen molar-refractivity contribution in [2.45, 2.75) is 77.7 Å². The Balaban J connectivity index is 0.00000180. The summed E-state index contributed by atoms with van der Waals surface area (Å²) < 4.78 is 42.3. The lowest BCUT2D eigenvalue weighted by atomic mass is 9.90. The van der Waals surface area contributed by atoms with Gasteiger partial charge in [0.1, 0.15) is 18.2 Å². The maximum absolute atomic E-state index is 13.8. The average molecular weight is 595 g/mol. The van der Waals surface area contributed by atoms with E-state index < -0.39 is 12.2 Å². The molecule has 4 aromatic rings. The van der Waals surface area contributed by atoms with Crippen LogP contribution in [0.3, 0.4) is 0 Å². The SMILES string of the molecule is CO.Cc1c(-c2cc(OCc3ccc(F)cn3)c3c(OC(C)F)cnn3c2)nn2c1CN(C1CCC(NC#N)CC1)CC2. The number of pyridine rings is 2. The van der Waals surface area contributed by atoms with Gasteiger partial charge < -0.3 is 19.9 Å². The molecule has 0 aromatic carbocycles. The molecule has 6 rings (SSSR count). The van der Waals surface area contributed by atoms with Gasteiger partial charge in [-0.05, 0) is 56.4 Å². The zero-order valence-electron chi connectivity index (χ0n) is 24.5. The molecule has 1 unspecified atom stereocenters. The molecule has 0 saturated heterocycles. The summed E-state index contributed by atoms with van der Waals surface area (Å²) in [5.41, 5.74) is 4.92. The van der Waals surface area contributed by atoms with Crippen LogP contribution >= 0.6 is 0 Å². The number of nitrogens with one attached hydrogen (secondary N) is 1. The van der Waals surface area contributed by atoms with Gasteiger partial charge in [0.05, 0.1) is 36.0 Å². The number of halogens is 2. The molecule has 2 N–H and O–H groups in total. The Morgan fingerprint density at radius 2 is 1.95 bits per heavy atom. The fourth-order valence-electron chi connectivity index (χ4n) is 5.93. The van der Waals surface area contributed by atoms with Gasteiger partial charge in [-0.1, -0.05) is 0 Å². The van der Waals surface area contributed by atoms with Crippen molar-refractivity contribution in [3.63, 3.8) is 0 Å². The molecule has 43 heavy (non-hydrogen) atoms. The number of nitriles is 1. The van der Waals surface area contributed by atoms with Gasteiger partial charge in [0.25, 0.3) is 0 Å². The first-order valence-corrected chi connectivity index (χ1v) is 14.3. The van der Waals surface area contributed by atoms with Crippen LogP contribution in [0.4, 0.5) is 8.78 Å². The first-order chi connectivity index (χ1) is 20.9. The molecule has 13 heteroatoms. The summed E-state index contributed by atoms with van der Waals surface area (Å²) in [4.78, 5) is 6.62. The molecule has 11 nitrogen and oxygen atoms in total. The maximum atomic E-state index is 13.8. The Labute approximate surface area is 248 Å². The summed E-state index contributed by atoms with van der Waals surface area (Å²) in [6.07, 6.45) is 9.15. The Hall–Kier alpha value is -4.28. The van der Waals surface area contributed by atoms with E-state index in [0.29, 0.717) is 23.0 Å². The van der Waals surface area contributed by atoms with Crippen molar-refractivity contribution in [3.05, 3.63) is 59.6 Å². The molecule has 0 radical (unpaired) electrons. The van der Waals surface area contributed by atoms with Gasteiger partial charge in [0, 0.05) is 51.0 Å². The van der Waals surface area contributed by atoms with Crippen LogP contribution in [0, 0.1) is 24.2 Å². The fourth-order valence-corrected chi connectivity index (χ4v) is 5.93. The first kappa shape index (κ1) is 30.2. The van der Waals surface area contributed by atoms with Gasteiger partial charge in [-0.15, -0.1) is 0 Å². The Kier molecular flexibility index (Phi) is 9.37. The van der Waals surface area contributed by atoms with Gasteiger partial charge >= 0.3 is 0 Å². The Bertz CT molecular complexity index is 1570.